The van der Waals surface area contributed by atoms with E-state index < -0.39 is 10.0 Å². The number of sulfonamides is 1. The molecular weight excluding hydrogens is 424 g/mol. The van der Waals surface area contributed by atoms with Crippen molar-refractivity contribution in [2.75, 3.05) is 25.0 Å². The molecule has 2 aromatic carbocycles. The van der Waals surface area contributed by atoms with Gasteiger partial charge < -0.3 is 5.32 Å². The lowest BCUT2D eigenvalue weighted by Gasteiger charge is -2.18. The predicted molar refractivity (Wildman–Crippen MR) is 129 cm³/mol. The second kappa shape index (κ2) is 11.2. The summed E-state index contributed by atoms with van der Waals surface area (Å²) < 4.78 is 27.9. The lowest BCUT2D eigenvalue weighted by molar-refractivity contribution is 0.102. The summed E-state index contributed by atoms with van der Waals surface area (Å²) in [4.78, 5) is 19.3. The van der Waals surface area contributed by atoms with Gasteiger partial charge in [0.05, 0.1) is 4.90 Å². The number of carbonyl (C=O) groups excluding carboxylic acids is 1. The van der Waals surface area contributed by atoms with Gasteiger partial charge in [0.1, 0.15) is 5.84 Å². The molecule has 0 radical (unpaired) electrons. The van der Waals surface area contributed by atoms with E-state index in [2.05, 4.69) is 33.8 Å². The smallest absolute Gasteiger partial charge is 0.262 e. The van der Waals surface area contributed by atoms with Gasteiger partial charge in [0.15, 0.2) is 0 Å². The van der Waals surface area contributed by atoms with Gasteiger partial charge in [-0.2, -0.15) is 0 Å². The largest absolute Gasteiger partial charge is 0.322 e. The number of nitrogens with zero attached hydrogens (tertiary/aromatic N) is 2. The van der Waals surface area contributed by atoms with Gasteiger partial charge in [-0.1, -0.05) is 32.4 Å². The van der Waals surface area contributed by atoms with E-state index in [1.54, 1.807) is 12.1 Å². The summed E-state index contributed by atoms with van der Waals surface area (Å²) in [5.74, 6) is 0.283. The highest BCUT2D eigenvalue weighted by Gasteiger charge is 2.17. The van der Waals surface area contributed by atoms with Crippen LogP contribution in [0, 0.1) is 0 Å². The van der Waals surface area contributed by atoms with E-state index in [1.807, 2.05) is 24.3 Å². The Morgan fingerprint density at radius 1 is 0.969 bits per heavy atom. The Kier molecular flexibility index (Phi) is 8.41. The third-order valence-electron chi connectivity index (χ3n) is 5.57. The Bertz CT molecular complexity index is 1030. The summed E-state index contributed by atoms with van der Waals surface area (Å²) in [6.07, 6.45) is 3.61. The van der Waals surface area contributed by atoms with Crippen LogP contribution in [0.15, 0.2) is 58.4 Å². The minimum Gasteiger partial charge on any atom is -0.322 e. The second-order valence-corrected chi connectivity index (χ2v) is 9.56. The van der Waals surface area contributed by atoms with Crippen LogP contribution < -0.4 is 10.0 Å². The Hall–Kier alpha value is -2.71. The molecule has 0 aromatic heterocycles. The van der Waals surface area contributed by atoms with E-state index >= 15 is 0 Å². The topological polar surface area (TPSA) is 90.9 Å². The van der Waals surface area contributed by atoms with Crippen molar-refractivity contribution in [2.24, 2.45) is 4.99 Å². The number of aliphatic imine (C=N–C) groups is 1. The Balaban J connectivity index is 1.61. The molecule has 3 rings (SSSR count). The molecule has 0 fully saturated rings. The SMILES string of the molecule is CCN(CC)Cc1ccc(C(=O)Nc2ccc(S(=O)(=O)NC3=NCCCCC3)cc2)cc1. The first kappa shape index (κ1) is 23.9. The van der Waals surface area contributed by atoms with E-state index in [9.17, 15) is 13.2 Å². The van der Waals surface area contributed by atoms with Crippen molar-refractivity contribution >= 4 is 27.5 Å². The first-order valence-electron chi connectivity index (χ1n) is 11.2. The number of amides is 1. The number of rotatable bonds is 8. The average molecular weight is 457 g/mol. The highest BCUT2D eigenvalue weighted by Crippen LogP contribution is 2.17. The third kappa shape index (κ3) is 6.64. The second-order valence-electron chi connectivity index (χ2n) is 7.88. The van der Waals surface area contributed by atoms with Crippen molar-refractivity contribution in [2.45, 2.75) is 51.0 Å². The number of anilines is 1. The standard InChI is InChI=1S/C24H32N4O3S/c1-3-28(4-2)18-19-9-11-20(12-10-19)24(29)26-21-13-15-22(16-14-21)32(30,31)27-23-8-6-5-7-17-25-23/h9-16H,3-8,17-18H2,1-2H3,(H,25,27)(H,26,29). The maximum absolute atomic E-state index is 12.6. The maximum atomic E-state index is 12.6. The molecule has 1 amide bonds. The normalized spacial score (nSPS) is 14.5. The average Bonchev–Trinajstić information content (AvgIpc) is 3.06. The van der Waals surface area contributed by atoms with Crippen LogP contribution in [0.3, 0.4) is 0 Å². The number of nitrogens with one attached hydrogen (secondary N) is 2. The number of carbonyl (C=O) groups is 1. The van der Waals surface area contributed by atoms with Gasteiger partial charge in [-0.05, 0) is 67.9 Å². The van der Waals surface area contributed by atoms with Crippen molar-refractivity contribution < 1.29 is 13.2 Å². The van der Waals surface area contributed by atoms with Gasteiger partial charge in [-0.15, -0.1) is 0 Å². The lowest BCUT2D eigenvalue weighted by Crippen LogP contribution is -2.30. The molecule has 2 N–H and O–H groups in total. The molecule has 1 aliphatic heterocycles. The Morgan fingerprint density at radius 3 is 2.31 bits per heavy atom. The summed E-state index contributed by atoms with van der Waals surface area (Å²) in [6.45, 7) is 7.72. The van der Waals surface area contributed by atoms with Crippen molar-refractivity contribution in [1.82, 2.24) is 9.62 Å². The molecule has 0 saturated heterocycles. The zero-order valence-corrected chi connectivity index (χ0v) is 19.6. The monoisotopic (exact) mass is 456 g/mol. The van der Waals surface area contributed by atoms with Crippen LogP contribution in [0.2, 0.25) is 0 Å². The molecule has 0 saturated carbocycles. The predicted octanol–water partition coefficient (Wildman–Crippen LogP) is 4.03. The number of amidine groups is 1. The maximum Gasteiger partial charge on any atom is 0.262 e. The molecule has 0 atom stereocenters. The van der Waals surface area contributed by atoms with Crippen molar-refractivity contribution in [3.63, 3.8) is 0 Å². The van der Waals surface area contributed by atoms with Crippen LogP contribution in [0.4, 0.5) is 5.69 Å². The van der Waals surface area contributed by atoms with E-state index in [1.165, 1.54) is 12.1 Å². The first-order chi connectivity index (χ1) is 15.4. The molecule has 7 nitrogen and oxygen atoms in total. The van der Waals surface area contributed by atoms with Crippen LogP contribution >= 0.6 is 0 Å². The molecule has 2 aromatic rings. The van der Waals surface area contributed by atoms with Crippen LogP contribution in [0.1, 0.15) is 55.5 Å². The minimum atomic E-state index is -3.69. The van der Waals surface area contributed by atoms with Gasteiger partial charge in [-0.3, -0.25) is 19.4 Å². The van der Waals surface area contributed by atoms with Crippen molar-refractivity contribution in [3.05, 3.63) is 59.7 Å². The molecule has 0 aliphatic carbocycles. The van der Waals surface area contributed by atoms with Gasteiger partial charge in [0.2, 0.25) is 0 Å². The van der Waals surface area contributed by atoms with E-state index in [-0.39, 0.29) is 10.8 Å². The lowest BCUT2D eigenvalue weighted by atomic mass is 10.1. The van der Waals surface area contributed by atoms with Gasteiger partial charge in [0.25, 0.3) is 15.9 Å². The molecular formula is C24H32N4O3S. The summed E-state index contributed by atoms with van der Waals surface area (Å²) in [7, 11) is -3.69. The van der Waals surface area contributed by atoms with E-state index in [4.69, 9.17) is 0 Å². The van der Waals surface area contributed by atoms with Crippen LogP contribution in [0.25, 0.3) is 0 Å². The molecule has 0 spiro atoms. The first-order valence-corrected chi connectivity index (χ1v) is 12.7. The number of benzene rings is 2. The molecule has 0 unspecified atom stereocenters. The molecule has 32 heavy (non-hydrogen) atoms. The zero-order valence-electron chi connectivity index (χ0n) is 18.8. The fourth-order valence-corrected chi connectivity index (χ4v) is 4.65. The molecule has 0 bridgehead atoms. The highest BCUT2D eigenvalue weighted by atomic mass is 32.2. The molecule has 1 aliphatic rings. The van der Waals surface area contributed by atoms with Crippen molar-refractivity contribution in [3.8, 4) is 0 Å². The van der Waals surface area contributed by atoms with E-state index in [0.717, 1.165) is 44.5 Å². The fraction of sp³-hybridized carbons (Fsp3) is 0.417. The molecule has 8 heteroatoms. The number of hydrogen-bond donors (Lipinski definition) is 2. The summed E-state index contributed by atoms with van der Waals surface area (Å²) in [5.41, 5.74) is 2.25. The molecule has 172 valence electrons. The Labute approximate surface area is 191 Å². The van der Waals surface area contributed by atoms with Crippen LogP contribution in [-0.2, 0) is 16.6 Å². The Morgan fingerprint density at radius 2 is 1.66 bits per heavy atom. The fourth-order valence-electron chi connectivity index (χ4n) is 3.56. The van der Waals surface area contributed by atoms with Gasteiger partial charge in [-0.25, -0.2) is 8.42 Å². The number of hydrogen-bond acceptors (Lipinski definition) is 5. The quantitative estimate of drug-likeness (QED) is 0.627. The third-order valence-corrected chi connectivity index (χ3v) is 6.96. The molecule has 1 heterocycles. The van der Waals surface area contributed by atoms with Crippen LogP contribution in [0.5, 0.6) is 0 Å². The zero-order chi connectivity index (χ0) is 23.0. The highest BCUT2D eigenvalue weighted by molar-refractivity contribution is 7.90. The summed E-state index contributed by atoms with van der Waals surface area (Å²) in [5, 5.41) is 2.82. The minimum absolute atomic E-state index is 0.142. The summed E-state index contributed by atoms with van der Waals surface area (Å²) >= 11 is 0. The van der Waals surface area contributed by atoms with Gasteiger partial charge in [0, 0.05) is 30.8 Å². The van der Waals surface area contributed by atoms with Crippen molar-refractivity contribution in [1.29, 1.82) is 0 Å². The van der Waals surface area contributed by atoms with Gasteiger partial charge >= 0.3 is 0 Å². The van der Waals surface area contributed by atoms with E-state index in [0.29, 0.717) is 30.1 Å². The van der Waals surface area contributed by atoms with Crippen LogP contribution in [-0.4, -0.2) is 44.7 Å². The summed E-state index contributed by atoms with van der Waals surface area (Å²) in [6, 6.07) is 13.7.